The molecular weight excluding hydrogens is 344 g/mol. The lowest BCUT2D eigenvalue weighted by molar-refractivity contribution is 0.249. The fourth-order valence-corrected chi connectivity index (χ4v) is 2.96. The SMILES string of the molecule is C/C(=N/NC(N)=O)c1ccc2ncc(Cc3ccc4c(cnn4C)c3)n2n1. The van der Waals surface area contributed by atoms with E-state index in [0.29, 0.717) is 17.8 Å². The summed E-state index contributed by atoms with van der Waals surface area (Å²) in [7, 11) is 1.93. The van der Waals surface area contributed by atoms with E-state index in [2.05, 4.69) is 43.9 Å². The van der Waals surface area contributed by atoms with Gasteiger partial charge in [-0.2, -0.15) is 15.3 Å². The molecule has 9 nitrogen and oxygen atoms in total. The van der Waals surface area contributed by atoms with E-state index in [1.807, 2.05) is 30.2 Å². The van der Waals surface area contributed by atoms with Gasteiger partial charge in [-0.25, -0.2) is 19.7 Å². The molecule has 0 radical (unpaired) electrons. The summed E-state index contributed by atoms with van der Waals surface area (Å²) in [4.78, 5) is 15.2. The third kappa shape index (κ3) is 3.22. The maximum Gasteiger partial charge on any atom is 0.332 e. The number of amides is 2. The van der Waals surface area contributed by atoms with Crippen molar-refractivity contribution in [2.24, 2.45) is 17.9 Å². The Morgan fingerprint density at radius 1 is 1.26 bits per heavy atom. The third-order valence-corrected chi connectivity index (χ3v) is 4.33. The number of rotatable bonds is 4. The Bertz CT molecular complexity index is 1190. The molecule has 1 aromatic carbocycles. The molecule has 2 amide bonds. The van der Waals surface area contributed by atoms with Gasteiger partial charge in [0, 0.05) is 18.9 Å². The fraction of sp³-hybridized carbons (Fsp3) is 0.167. The van der Waals surface area contributed by atoms with Crippen molar-refractivity contribution in [2.45, 2.75) is 13.3 Å². The number of urea groups is 1. The van der Waals surface area contributed by atoms with Crippen LogP contribution in [0.25, 0.3) is 16.6 Å². The maximum atomic E-state index is 10.8. The van der Waals surface area contributed by atoms with Gasteiger partial charge >= 0.3 is 6.03 Å². The number of hydrogen-bond donors (Lipinski definition) is 2. The molecular formula is C18H18N8O. The molecule has 136 valence electrons. The number of nitrogens with one attached hydrogen (secondary N) is 1. The van der Waals surface area contributed by atoms with E-state index in [4.69, 9.17) is 5.73 Å². The third-order valence-electron chi connectivity index (χ3n) is 4.33. The van der Waals surface area contributed by atoms with Gasteiger partial charge in [-0.05, 0) is 36.8 Å². The molecule has 4 aromatic rings. The van der Waals surface area contributed by atoms with Crippen LogP contribution in [0.1, 0.15) is 23.9 Å². The molecule has 3 heterocycles. The molecule has 0 fully saturated rings. The highest BCUT2D eigenvalue weighted by Crippen LogP contribution is 2.18. The number of aromatic nitrogens is 5. The van der Waals surface area contributed by atoms with Crippen molar-refractivity contribution in [3.8, 4) is 0 Å². The molecule has 4 rings (SSSR count). The Labute approximate surface area is 154 Å². The summed E-state index contributed by atoms with van der Waals surface area (Å²) < 4.78 is 3.63. The van der Waals surface area contributed by atoms with Gasteiger partial charge in [-0.3, -0.25) is 4.68 Å². The number of aryl methyl sites for hydroxylation is 1. The second-order valence-electron chi connectivity index (χ2n) is 6.25. The van der Waals surface area contributed by atoms with Crippen molar-refractivity contribution in [2.75, 3.05) is 0 Å². The number of fused-ring (bicyclic) bond motifs is 2. The van der Waals surface area contributed by atoms with E-state index in [0.717, 1.165) is 27.8 Å². The van der Waals surface area contributed by atoms with Crippen LogP contribution in [0.5, 0.6) is 0 Å². The van der Waals surface area contributed by atoms with Gasteiger partial charge in [-0.15, -0.1) is 0 Å². The summed E-state index contributed by atoms with van der Waals surface area (Å²) in [5.41, 5.74) is 12.4. The normalized spacial score (nSPS) is 12.0. The topological polar surface area (TPSA) is 115 Å². The minimum Gasteiger partial charge on any atom is -0.350 e. The van der Waals surface area contributed by atoms with E-state index in [9.17, 15) is 4.79 Å². The van der Waals surface area contributed by atoms with Gasteiger partial charge in [0.2, 0.25) is 0 Å². The van der Waals surface area contributed by atoms with Crippen LogP contribution in [0.3, 0.4) is 0 Å². The Hall–Kier alpha value is -3.75. The summed E-state index contributed by atoms with van der Waals surface area (Å²) >= 11 is 0. The van der Waals surface area contributed by atoms with E-state index in [-0.39, 0.29) is 0 Å². The number of carbonyl (C=O) groups is 1. The fourth-order valence-electron chi connectivity index (χ4n) is 2.96. The number of benzene rings is 1. The number of carbonyl (C=O) groups excluding carboxylic acids is 1. The Balaban J connectivity index is 1.67. The van der Waals surface area contributed by atoms with E-state index in [1.165, 1.54) is 0 Å². The summed E-state index contributed by atoms with van der Waals surface area (Å²) in [6.07, 6.45) is 4.35. The second kappa shape index (κ2) is 6.52. The molecule has 0 aliphatic rings. The molecule has 0 saturated heterocycles. The van der Waals surface area contributed by atoms with Gasteiger partial charge in [0.25, 0.3) is 0 Å². The highest BCUT2D eigenvalue weighted by molar-refractivity contribution is 5.97. The van der Waals surface area contributed by atoms with Gasteiger partial charge in [-0.1, -0.05) is 6.07 Å². The molecule has 0 bridgehead atoms. The zero-order valence-corrected chi connectivity index (χ0v) is 14.9. The number of hydrogen-bond acceptors (Lipinski definition) is 5. The molecule has 0 unspecified atom stereocenters. The first-order valence-corrected chi connectivity index (χ1v) is 8.35. The molecule has 0 atom stereocenters. The number of hydrazone groups is 1. The zero-order chi connectivity index (χ0) is 19.0. The highest BCUT2D eigenvalue weighted by Gasteiger charge is 2.09. The van der Waals surface area contributed by atoms with Gasteiger partial charge < -0.3 is 5.73 Å². The van der Waals surface area contributed by atoms with Crippen LogP contribution in [-0.2, 0) is 13.5 Å². The van der Waals surface area contributed by atoms with Crippen LogP contribution < -0.4 is 11.2 Å². The quantitative estimate of drug-likeness (QED) is 0.424. The zero-order valence-electron chi connectivity index (χ0n) is 14.9. The van der Waals surface area contributed by atoms with E-state index >= 15 is 0 Å². The molecule has 9 heteroatoms. The van der Waals surface area contributed by atoms with E-state index in [1.54, 1.807) is 17.5 Å². The number of imidazole rings is 1. The summed E-state index contributed by atoms with van der Waals surface area (Å²) in [6, 6.07) is 9.21. The highest BCUT2D eigenvalue weighted by atomic mass is 16.2. The lowest BCUT2D eigenvalue weighted by atomic mass is 10.1. The summed E-state index contributed by atoms with van der Waals surface area (Å²) in [6.45, 7) is 1.75. The van der Waals surface area contributed by atoms with E-state index < -0.39 is 6.03 Å². The minimum atomic E-state index is -0.718. The Kier molecular flexibility index (Phi) is 4.03. The number of nitrogens with two attached hydrogens (primary N) is 1. The number of nitrogens with zero attached hydrogens (tertiary/aromatic N) is 6. The average Bonchev–Trinajstić information content (AvgIpc) is 3.23. The van der Waals surface area contributed by atoms with Crippen LogP contribution in [0.2, 0.25) is 0 Å². The van der Waals surface area contributed by atoms with Crippen LogP contribution in [0.15, 0.2) is 47.8 Å². The molecule has 27 heavy (non-hydrogen) atoms. The minimum absolute atomic E-state index is 0.548. The molecule has 0 saturated carbocycles. The van der Waals surface area contributed by atoms with Crippen LogP contribution >= 0.6 is 0 Å². The predicted molar refractivity (Wildman–Crippen MR) is 101 cm³/mol. The van der Waals surface area contributed by atoms with Crippen LogP contribution in [-0.4, -0.2) is 36.1 Å². The largest absolute Gasteiger partial charge is 0.350 e. The molecule has 0 spiro atoms. The van der Waals surface area contributed by atoms with Crippen molar-refractivity contribution >= 4 is 28.3 Å². The monoisotopic (exact) mass is 362 g/mol. The predicted octanol–water partition coefficient (Wildman–Crippen LogP) is 1.60. The Morgan fingerprint density at radius 2 is 2.11 bits per heavy atom. The first kappa shape index (κ1) is 16.7. The lowest BCUT2D eigenvalue weighted by Gasteiger charge is -2.05. The van der Waals surface area contributed by atoms with Gasteiger partial charge in [0.1, 0.15) is 5.69 Å². The van der Waals surface area contributed by atoms with Crippen LogP contribution in [0.4, 0.5) is 4.79 Å². The summed E-state index contributed by atoms with van der Waals surface area (Å²) in [5, 5.41) is 13.9. The standard InChI is InChI=1S/C18H18N8O/c1-11(22-23-18(19)27)15-4-6-17-20-10-14(26(17)24-15)8-12-3-5-16-13(7-12)9-21-25(16)2/h3-7,9-10H,8H2,1-2H3,(H3,19,23,27)/b22-11-. The lowest BCUT2D eigenvalue weighted by Crippen LogP contribution is -2.25. The van der Waals surface area contributed by atoms with Gasteiger partial charge in [0.05, 0.1) is 29.3 Å². The first-order valence-electron chi connectivity index (χ1n) is 8.35. The number of primary amides is 1. The van der Waals surface area contributed by atoms with Crippen LogP contribution in [0, 0.1) is 0 Å². The Morgan fingerprint density at radius 3 is 2.93 bits per heavy atom. The van der Waals surface area contributed by atoms with Gasteiger partial charge in [0.15, 0.2) is 5.65 Å². The smallest absolute Gasteiger partial charge is 0.332 e. The van der Waals surface area contributed by atoms with Crippen molar-refractivity contribution in [1.29, 1.82) is 0 Å². The van der Waals surface area contributed by atoms with Crippen molar-refractivity contribution in [3.05, 3.63) is 59.7 Å². The van der Waals surface area contributed by atoms with Crippen molar-refractivity contribution < 1.29 is 4.79 Å². The summed E-state index contributed by atoms with van der Waals surface area (Å²) in [5.74, 6) is 0. The van der Waals surface area contributed by atoms with Crippen molar-refractivity contribution in [1.82, 2.24) is 29.8 Å². The first-order chi connectivity index (χ1) is 13.0. The molecule has 0 aliphatic carbocycles. The molecule has 0 aliphatic heterocycles. The average molecular weight is 362 g/mol. The molecule has 3 aromatic heterocycles. The maximum absolute atomic E-state index is 10.8. The van der Waals surface area contributed by atoms with Crippen molar-refractivity contribution in [3.63, 3.8) is 0 Å². The second-order valence-corrected chi connectivity index (χ2v) is 6.25. The molecule has 3 N–H and O–H groups in total.